The van der Waals surface area contributed by atoms with E-state index in [1.807, 2.05) is 27.7 Å². The maximum atomic E-state index is 3.53. The number of benzene rings is 2. The van der Waals surface area contributed by atoms with Gasteiger partial charge in [-0.25, -0.2) is 0 Å². The maximum absolute atomic E-state index is 3.53. The zero-order chi connectivity index (χ0) is 14.5. The van der Waals surface area contributed by atoms with Gasteiger partial charge in [0.15, 0.2) is 0 Å². The molecule has 1 N–H and O–H groups in total. The summed E-state index contributed by atoms with van der Waals surface area (Å²) in [7, 11) is 0. The first-order valence-corrected chi connectivity index (χ1v) is 7.61. The molecule has 0 aliphatic heterocycles. The molecule has 1 aromatic heterocycles. The van der Waals surface area contributed by atoms with Crippen LogP contribution in [0.25, 0.3) is 22.2 Å². The Morgan fingerprint density at radius 1 is 0.800 bits per heavy atom. The number of hydrogen-bond acceptors (Lipinski definition) is 0. The monoisotopic (exact) mass is 265 g/mol. The Balaban J connectivity index is 0.000000340. The minimum atomic E-state index is 1.06. The summed E-state index contributed by atoms with van der Waals surface area (Å²) in [6, 6.07) is 17.2. The average molecular weight is 265 g/mol. The molecule has 1 heteroatoms. The van der Waals surface area contributed by atoms with Gasteiger partial charge >= 0.3 is 0 Å². The molecular formula is C19H23N. The minimum Gasteiger partial charge on any atom is -0.354 e. The van der Waals surface area contributed by atoms with Crippen molar-refractivity contribution in [3.63, 3.8) is 0 Å². The highest BCUT2D eigenvalue weighted by Crippen LogP contribution is 2.39. The molecule has 3 aromatic rings. The van der Waals surface area contributed by atoms with E-state index in [0.717, 1.165) is 6.42 Å². The molecule has 1 heterocycles. The SMILES string of the molecule is CC.CC.c1ccc2c(c1)Cc1c-2[nH]c2ccccc12. The third-order valence-electron chi connectivity index (χ3n) is 3.47. The number of aromatic nitrogens is 1. The van der Waals surface area contributed by atoms with E-state index in [0.29, 0.717) is 0 Å². The van der Waals surface area contributed by atoms with E-state index < -0.39 is 0 Å². The number of nitrogens with one attached hydrogen (secondary N) is 1. The second-order valence-electron chi connectivity index (χ2n) is 4.36. The summed E-state index contributed by atoms with van der Waals surface area (Å²) in [6.07, 6.45) is 1.06. The molecule has 0 saturated carbocycles. The van der Waals surface area contributed by atoms with Gasteiger partial charge < -0.3 is 4.98 Å². The van der Waals surface area contributed by atoms with Crippen molar-refractivity contribution in [1.29, 1.82) is 0 Å². The van der Waals surface area contributed by atoms with E-state index in [9.17, 15) is 0 Å². The summed E-state index contributed by atoms with van der Waals surface area (Å²) in [6.45, 7) is 8.00. The molecule has 2 aromatic carbocycles. The molecule has 1 aliphatic rings. The van der Waals surface area contributed by atoms with E-state index in [4.69, 9.17) is 0 Å². The van der Waals surface area contributed by atoms with Crippen LogP contribution in [0.1, 0.15) is 38.8 Å². The van der Waals surface area contributed by atoms with E-state index in [-0.39, 0.29) is 0 Å². The zero-order valence-electron chi connectivity index (χ0n) is 12.8. The van der Waals surface area contributed by atoms with Gasteiger partial charge in [-0.2, -0.15) is 0 Å². The number of hydrogen-bond donors (Lipinski definition) is 1. The lowest BCUT2D eigenvalue weighted by Gasteiger charge is -1.97. The van der Waals surface area contributed by atoms with Gasteiger partial charge in [-0.05, 0) is 17.2 Å². The molecule has 0 saturated heterocycles. The van der Waals surface area contributed by atoms with Crippen LogP contribution in [0.3, 0.4) is 0 Å². The lowest BCUT2D eigenvalue weighted by molar-refractivity contribution is 1.29. The second kappa shape index (κ2) is 6.42. The Morgan fingerprint density at radius 3 is 2.25 bits per heavy atom. The molecule has 0 amide bonds. The van der Waals surface area contributed by atoms with Crippen LogP contribution in [0.4, 0.5) is 0 Å². The molecule has 104 valence electrons. The molecule has 20 heavy (non-hydrogen) atoms. The fourth-order valence-corrected chi connectivity index (χ4v) is 2.72. The Kier molecular flexibility index (Phi) is 4.62. The molecule has 0 fully saturated rings. The van der Waals surface area contributed by atoms with E-state index in [2.05, 4.69) is 53.5 Å². The van der Waals surface area contributed by atoms with E-state index in [1.54, 1.807) is 0 Å². The summed E-state index contributed by atoms with van der Waals surface area (Å²) in [4.78, 5) is 3.53. The van der Waals surface area contributed by atoms with Crippen LogP contribution >= 0.6 is 0 Å². The van der Waals surface area contributed by atoms with Crippen molar-refractivity contribution in [2.75, 3.05) is 0 Å². The van der Waals surface area contributed by atoms with Crippen LogP contribution in [-0.4, -0.2) is 4.98 Å². The molecule has 1 nitrogen and oxygen atoms in total. The quantitative estimate of drug-likeness (QED) is 0.414. The molecular weight excluding hydrogens is 242 g/mol. The zero-order valence-corrected chi connectivity index (χ0v) is 12.8. The highest BCUT2D eigenvalue weighted by Gasteiger charge is 2.21. The van der Waals surface area contributed by atoms with Gasteiger partial charge in [0, 0.05) is 22.9 Å². The van der Waals surface area contributed by atoms with Gasteiger partial charge in [-0.1, -0.05) is 70.2 Å². The Morgan fingerprint density at radius 2 is 1.45 bits per heavy atom. The average Bonchev–Trinajstić information content (AvgIpc) is 3.07. The summed E-state index contributed by atoms with van der Waals surface area (Å²) in [5.41, 5.74) is 6.83. The highest BCUT2D eigenvalue weighted by atomic mass is 14.7. The smallest absolute Gasteiger partial charge is 0.0503 e. The van der Waals surface area contributed by atoms with Crippen LogP contribution < -0.4 is 0 Å². The first-order valence-electron chi connectivity index (χ1n) is 7.61. The summed E-state index contributed by atoms with van der Waals surface area (Å²) >= 11 is 0. The lowest BCUT2D eigenvalue weighted by Crippen LogP contribution is -1.80. The van der Waals surface area contributed by atoms with Gasteiger partial charge in [0.2, 0.25) is 0 Å². The van der Waals surface area contributed by atoms with Crippen LogP contribution in [0.15, 0.2) is 48.5 Å². The Hall–Kier alpha value is -2.02. The fraction of sp³-hybridized carbons (Fsp3) is 0.263. The molecule has 4 rings (SSSR count). The van der Waals surface area contributed by atoms with Crippen LogP contribution in [-0.2, 0) is 6.42 Å². The minimum absolute atomic E-state index is 1.06. The van der Waals surface area contributed by atoms with Gasteiger partial charge in [-0.3, -0.25) is 0 Å². The van der Waals surface area contributed by atoms with Crippen molar-refractivity contribution in [2.24, 2.45) is 0 Å². The molecule has 0 atom stereocenters. The van der Waals surface area contributed by atoms with Gasteiger partial charge in [0.1, 0.15) is 0 Å². The Bertz CT molecular complexity index is 692. The van der Waals surface area contributed by atoms with Crippen LogP contribution in [0, 0.1) is 0 Å². The number of H-pyrrole nitrogens is 1. The van der Waals surface area contributed by atoms with E-state index in [1.165, 1.54) is 33.3 Å². The molecule has 0 unspecified atom stereocenters. The fourth-order valence-electron chi connectivity index (χ4n) is 2.72. The Labute approximate surface area is 121 Å². The first kappa shape index (κ1) is 14.4. The van der Waals surface area contributed by atoms with Gasteiger partial charge in [-0.15, -0.1) is 0 Å². The van der Waals surface area contributed by atoms with Gasteiger partial charge in [0.05, 0.1) is 5.69 Å². The topological polar surface area (TPSA) is 15.8 Å². The number of rotatable bonds is 0. The summed E-state index contributed by atoms with van der Waals surface area (Å²) < 4.78 is 0. The third-order valence-corrected chi connectivity index (χ3v) is 3.47. The highest BCUT2D eigenvalue weighted by molar-refractivity contribution is 5.94. The molecule has 0 bridgehead atoms. The number of aromatic amines is 1. The standard InChI is InChI=1S/C15H11N.2C2H6/c1-2-6-11-10(5-1)9-13-12-7-3-4-8-14(12)16-15(11)13;2*1-2/h1-8,16H,9H2;2*1-2H3. The van der Waals surface area contributed by atoms with Crippen molar-refractivity contribution in [3.8, 4) is 11.3 Å². The van der Waals surface area contributed by atoms with Crippen molar-refractivity contribution >= 4 is 10.9 Å². The first-order chi connectivity index (χ1) is 9.93. The van der Waals surface area contributed by atoms with E-state index >= 15 is 0 Å². The van der Waals surface area contributed by atoms with Crippen LogP contribution in [0.5, 0.6) is 0 Å². The maximum Gasteiger partial charge on any atom is 0.0503 e. The summed E-state index contributed by atoms with van der Waals surface area (Å²) in [5.74, 6) is 0. The molecule has 1 aliphatic carbocycles. The number of para-hydroxylation sites is 1. The lowest BCUT2D eigenvalue weighted by atomic mass is 10.1. The third kappa shape index (κ3) is 2.24. The second-order valence-corrected chi connectivity index (χ2v) is 4.36. The number of fused-ring (bicyclic) bond motifs is 5. The van der Waals surface area contributed by atoms with Gasteiger partial charge in [0.25, 0.3) is 0 Å². The summed E-state index contributed by atoms with van der Waals surface area (Å²) in [5, 5.41) is 1.37. The van der Waals surface area contributed by atoms with Crippen LogP contribution in [0.2, 0.25) is 0 Å². The predicted octanol–water partition coefficient (Wildman–Crippen LogP) is 5.79. The van der Waals surface area contributed by atoms with Crippen molar-refractivity contribution in [2.45, 2.75) is 34.1 Å². The largest absolute Gasteiger partial charge is 0.354 e. The van der Waals surface area contributed by atoms with Crippen molar-refractivity contribution in [1.82, 2.24) is 4.98 Å². The normalized spacial score (nSPS) is 10.8. The van der Waals surface area contributed by atoms with Crippen molar-refractivity contribution < 1.29 is 0 Å². The van der Waals surface area contributed by atoms with Crippen molar-refractivity contribution in [3.05, 3.63) is 59.7 Å². The predicted molar refractivity (Wildman–Crippen MR) is 89.2 cm³/mol. The molecule has 0 spiro atoms. The molecule has 0 radical (unpaired) electrons.